The molecule has 0 aromatic heterocycles. The summed E-state index contributed by atoms with van der Waals surface area (Å²) in [4.78, 5) is 11.2. The Bertz CT molecular complexity index is 379. The van der Waals surface area contributed by atoms with Crippen molar-refractivity contribution in [1.29, 1.82) is 0 Å². The highest BCUT2D eigenvalue weighted by atomic mass is 16.7. The predicted octanol–water partition coefficient (Wildman–Crippen LogP) is 1.92. The van der Waals surface area contributed by atoms with E-state index in [0.29, 0.717) is 13.0 Å². The number of aldehydes is 1. The quantitative estimate of drug-likeness (QED) is 0.724. The fourth-order valence-corrected chi connectivity index (χ4v) is 2.05. The van der Waals surface area contributed by atoms with Gasteiger partial charge < -0.3 is 19.0 Å². The first kappa shape index (κ1) is 13.2. The molecule has 4 nitrogen and oxygen atoms in total. The number of carbonyl (C=O) groups excluding carboxylic acids is 1. The molecule has 1 heterocycles. The largest absolute Gasteiger partial charge is 0.373 e. The summed E-state index contributed by atoms with van der Waals surface area (Å²) in [6.07, 6.45) is 1.90. The van der Waals surface area contributed by atoms with Crippen LogP contribution < -0.4 is 0 Å². The standard InChI is InChI=1S/C14H18O4/c1-16-13-7-8-14(10-15,18-13)11-17-9-12-5-3-2-4-6-12/h2-6,10,13H,7-9,11H2,1H3/t13-,14+/m1/s1. The third kappa shape index (κ3) is 3.16. The fourth-order valence-electron chi connectivity index (χ4n) is 2.05. The summed E-state index contributed by atoms with van der Waals surface area (Å²) < 4.78 is 16.2. The second-order valence-corrected chi connectivity index (χ2v) is 4.48. The van der Waals surface area contributed by atoms with Crippen LogP contribution in [0.1, 0.15) is 18.4 Å². The maximum Gasteiger partial charge on any atom is 0.158 e. The van der Waals surface area contributed by atoms with Crippen LogP contribution in [0.3, 0.4) is 0 Å². The molecule has 18 heavy (non-hydrogen) atoms. The van der Waals surface area contributed by atoms with Gasteiger partial charge in [-0.15, -0.1) is 0 Å². The van der Waals surface area contributed by atoms with Crippen LogP contribution in [0, 0.1) is 0 Å². The highest BCUT2D eigenvalue weighted by molar-refractivity contribution is 5.63. The Morgan fingerprint density at radius 2 is 2.22 bits per heavy atom. The molecule has 0 N–H and O–H groups in total. The highest BCUT2D eigenvalue weighted by Crippen LogP contribution is 2.29. The minimum Gasteiger partial charge on any atom is -0.373 e. The highest BCUT2D eigenvalue weighted by Gasteiger charge is 2.40. The van der Waals surface area contributed by atoms with Crippen LogP contribution in [-0.4, -0.2) is 31.9 Å². The Labute approximate surface area is 107 Å². The number of hydrogen-bond donors (Lipinski definition) is 0. The molecule has 2 rings (SSSR count). The lowest BCUT2D eigenvalue weighted by atomic mass is 10.0. The van der Waals surface area contributed by atoms with Crippen molar-refractivity contribution in [2.24, 2.45) is 0 Å². The van der Waals surface area contributed by atoms with Crippen molar-refractivity contribution >= 4 is 6.29 Å². The Kier molecular flexibility index (Phi) is 4.47. The number of carbonyl (C=O) groups is 1. The molecule has 0 saturated carbocycles. The summed E-state index contributed by atoms with van der Waals surface area (Å²) in [7, 11) is 1.58. The summed E-state index contributed by atoms with van der Waals surface area (Å²) in [5.74, 6) is 0. The lowest BCUT2D eigenvalue weighted by molar-refractivity contribution is -0.175. The first-order valence-corrected chi connectivity index (χ1v) is 6.07. The lowest BCUT2D eigenvalue weighted by Crippen LogP contribution is -2.37. The molecule has 2 atom stereocenters. The second kappa shape index (κ2) is 6.09. The smallest absolute Gasteiger partial charge is 0.158 e. The Morgan fingerprint density at radius 3 is 2.83 bits per heavy atom. The van der Waals surface area contributed by atoms with Crippen LogP contribution >= 0.6 is 0 Å². The molecule has 0 unspecified atom stereocenters. The average molecular weight is 250 g/mol. The van der Waals surface area contributed by atoms with E-state index >= 15 is 0 Å². The van der Waals surface area contributed by atoms with Gasteiger partial charge in [0.05, 0.1) is 13.2 Å². The van der Waals surface area contributed by atoms with E-state index in [-0.39, 0.29) is 12.9 Å². The van der Waals surface area contributed by atoms with Gasteiger partial charge in [0.15, 0.2) is 12.6 Å². The van der Waals surface area contributed by atoms with E-state index in [4.69, 9.17) is 14.2 Å². The van der Waals surface area contributed by atoms with E-state index in [1.54, 1.807) is 7.11 Å². The third-order valence-corrected chi connectivity index (χ3v) is 3.10. The minimum atomic E-state index is -0.838. The zero-order valence-electron chi connectivity index (χ0n) is 10.5. The zero-order valence-corrected chi connectivity index (χ0v) is 10.5. The van der Waals surface area contributed by atoms with Crippen LogP contribution in [-0.2, 0) is 25.6 Å². The summed E-state index contributed by atoms with van der Waals surface area (Å²) in [6.45, 7) is 0.753. The van der Waals surface area contributed by atoms with E-state index in [1.165, 1.54) is 0 Å². The van der Waals surface area contributed by atoms with Crippen molar-refractivity contribution in [3.05, 3.63) is 35.9 Å². The predicted molar refractivity (Wildman–Crippen MR) is 66.0 cm³/mol. The number of rotatable bonds is 6. The zero-order chi connectivity index (χ0) is 12.8. The maximum absolute atomic E-state index is 11.2. The SMILES string of the molecule is CO[C@H]1CC[C@](C=O)(COCc2ccccc2)O1. The van der Waals surface area contributed by atoms with Crippen LogP contribution in [0.15, 0.2) is 30.3 Å². The molecule has 0 amide bonds. The Morgan fingerprint density at radius 1 is 1.44 bits per heavy atom. The minimum absolute atomic E-state index is 0.269. The van der Waals surface area contributed by atoms with Crippen LogP contribution in [0.4, 0.5) is 0 Å². The van der Waals surface area contributed by atoms with E-state index < -0.39 is 5.60 Å². The lowest BCUT2D eigenvalue weighted by Gasteiger charge is -2.22. The van der Waals surface area contributed by atoms with E-state index in [0.717, 1.165) is 18.3 Å². The first-order chi connectivity index (χ1) is 8.78. The second-order valence-electron chi connectivity index (χ2n) is 4.48. The van der Waals surface area contributed by atoms with Crippen molar-refractivity contribution in [3.8, 4) is 0 Å². The molecule has 0 bridgehead atoms. The normalized spacial score (nSPS) is 27.3. The monoisotopic (exact) mass is 250 g/mol. The van der Waals surface area contributed by atoms with Crippen molar-refractivity contribution in [2.45, 2.75) is 31.3 Å². The Hall–Kier alpha value is -1.23. The molecule has 1 aromatic carbocycles. The summed E-state index contributed by atoms with van der Waals surface area (Å²) in [5, 5.41) is 0. The van der Waals surface area contributed by atoms with E-state index in [1.807, 2.05) is 30.3 Å². The Balaban J connectivity index is 1.83. The number of hydrogen-bond acceptors (Lipinski definition) is 4. The van der Waals surface area contributed by atoms with Gasteiger partial charge in [0.1, 0.15) is 5.60 Å². The molecular formula is C14H18O4. The molecule has 0 spiro atoms. The molecule has 0 aliphatic carbocycles. The average Bonchev–Trinajstić information content (AvgIpc) is 2.84. The van der Waals surface area contributed by atoms with Crippen LogP contribution in [0.2, 0.25) is 0 Å². The number of ether oxygens (including phenoxy) is 3. The van der Waals surface area contributed by atoms with Gasteiger partial charge in [-0.25, -0.2) is 0 Å². The van der Waals surface area contributed by atoms with Crippen molar-refractivity contribution in [1.82, 2.24) is 0 Å². The van der Waals surface area contributed by atoms with Crippen molar-refractivity contribution in [2.75, 3.05) is 13.7 Å². The first-order valence-electron chi connectivity index (χ1n) is 6.07. The number of benzene rings is 1. The third-order valence-electron chi connectivity index (χ3n) is 3.10. The molecule has 0 radical (unpaired) electrons. The summed E-state index contributed by atoms with van der Waals surface area (Å²) in [5.41, 5.74) is 0.245. The van der Waals surface area contributed by atoms with E-state index in [9.17, 15) is 4.79 Å². The van der Waals surface area contributed by atoms with Crippen LogP contribution in [0.5, 0.6) is 0 Å². The molecule has 98 valence electrons. The molecule has 1 aromatic rings. The van der Waals surface area contributed by atoms with Gasteiger partial charge in [0.2, 0.25) is 0 Å². The van der Waals surface area contributed by atoms with Gasteiger partial charge in [-0.2, -0.15) is 0 Å². The molecule has 4 heteroatoms. The molecular weight excluding hydrogens is 232 g/mol. The molecule has 1 aliphatic heterocycles. The summed E-state index contributed by atoms with van der Waals surface area (Å²) in [6, 6.07) is 9.85. The van der Waals surface area contributed by atoms with Gasteiger partial charge in [0.25, 0.3) is 0 Å². The fraction of sp³-hybridized carbons (Fsp3) is 0.500. The number of methoxy groups -OCH3 is 1. The van der Waals surface area contributed by atoms with Crippen molar-refractivity contribution < 1.29 is 19.0 Å². The van der Waals surface area contributed by atoms with Crippen molar-refractivity contribution in [3.63, 3.8) is 0 Å². The van der Waals surface area contributed by atoms with Gasteiger partial charge >= 0.3 is 0 Å². The summed E-state index contributed by atoms with van der Waals surface area (Å²) >= 11 is 0. The molecule has 1 fully saturated rings. The molecule has 1 saturated heterocycles. The topological polar surface area (TPSA) is 44.8 Å². The van der Waals surface area contributed by atoms with E-state index in [2.05, 4.69) is 0 Å². The van der Waals surface area contributed by atoms with Gasteiger partial charge in [-0.3, -0.25) is 0 Å². The van der Waals surface area contributed by atoms with Gasteiger partial charge in [-0.05, 0) is 12.0 Å². The maximum atomic E-state index is 11.2. The van der Waals surface area contributed by atoms with Gasteiger partial charge in [-0.1, -0.05) is 30.3 Å². The molecule has 1 aliphatic rings. The van der Waals surface area contributed by atoms with Crippen LogP contribution in [0.25, 0.3) is 0 Å². The van der Waals surface area contributed by atoms with Gasteiger partial charge in [0, 0.05) is 13.5 Å².